The Morgan fingerprint density at radius 2 is 2.35 bits per heavy atom. The van der Waals surface area contributed by atoms with Crippen molar-refractivity contribution in [2.75, 3.05) is 13.2 Å². The van der Waals surface area contributed by atoms with Crippen LogP contribution in [0.4, 0.5) is 0 Å². The van der Waals surface area contributed by atoms with Crippen molar-refractivity contribution >= 4 is 5.91 Å². The summed E-state index contributed by atoms with van der Waals surface area (Å²) in [6, 6.07) is 7.55. The van der Waals surface area contributed by atoms with Gasteiger partial charge in [-0.2, -0.15) is 0 Å². The van der Waals surface area contributed by atoms with Crippen molar-refractivity contribution in [1.82, 2.24) is 5.32 Å². The van der Waals surface area contributed by atoms with E-state index >= 15 is 0 Å². The largest absolute Gasteiger partial charge is 0.492 e. The van der Waals surface area contributed by atoms with Crippen LogP contribution in [-0.2, 0) is 11.2 Å². The second kappa shape index (κ2) is 5.19. The summed E-state index contributed by atoms with van der Waals surface area (Å²) < 4.78 is 5.55. The molecule has 0 bridgehead atoms. The molecule has 0 radical (unpaired) electrons. The Morgan fingerprint density at radius 3 is 3.12 bits per heavy atom. The van der Waals surface area contributed by atoms with Gasteiger partial charge in [0, 0.05) is 6.04 Å². The van der Waals surface area contributed by atoms with Crippen molar-refractivity contribution < 1.29 is 14.6 Å². The molecule has 0 spiro atoms. The number of fused-ring (bicyclic) bond motifs is 1. The van der Waals surface area contributed by atoms with Gasteiger partial charge in [-0.25, -0.2) is 0 Å². The maximum Gasteiger partial charge on any atom is 0.227 e. The fourth-order valence-electron chi connectivity index (χ4n) is 1.90. The fraction of sp³-hybridized carbons (Fsp3) is 0.462. The van der Waals surface area contributed by atoms with Gasteiger partial charge in [-0.05, 0) is 25.0 Å². The first-order chi connectivity index (χ1) is 8.20. The number of nitrogens with one attached hydrogen (secondary N) is 1. The topological polar surface area (TPSA) is 58.6 Å². The first-order valence-electron chi connectivity index (χ1n) is 5.82. The van der Waals surface area contributed by atoms with Crippen molar-refractivity contribution in [2.45, 2.75) is 19.4 Å². The number of amides is 1. The fourth-order valence-corrected chi connectivity index (χ4v) is 1.90. The van der Waals surface area contributed by atoms with Gasteiger partial charge < -0.3 is 15.2 Å². The lowest BCUT2D eigenvalue weighted by Crippen LogP contribution is -2.42. The standard InChI is InChI=1S/C13H17NO3/c1-9(7-15)14-13(16)11-6-10-4-2-3-5-12(10)17-8-11/h2-5,9,11,15H,6-8H2,1H3,(H,14,16). The van der Waals surface area contributed by atoms with Crippen LogP contribution in [-0.4, -0.2) is 30.3 Å². The van der Waals surface area contributed by atoms with Gasteiger partial charge in [-0.3, -0.25) is 4.79 Å². The number of carbonyl (C=O) groups excluding carboxylic acids is 1. The van der Waals surface area contributed by atoms with E-state index in [1.54, 1.807) is 6.92 Å². The maximum absolute atomic E-state index is 11.9. The number of carbonyl (C=O) groups is 1. The molecule has 1 heterocycles. The van der Waals surface area contributed by atoms with Gasteiger partial charge in [-0.1, -0.05) is 18.2 Å². The molecule has 17 heavy (non-hydrogen) atoms. The molecule has 1 aromatic rings. The minimum atomic E-state index is -0.209. The number of aliphatic hydroxyl groups excluding tert-OH is 1. The normalized spacial score (nSPS) is 20.0. The Bertz CT molecular complexity index is 405. The Morgan fingerprint density at radius 1 is 1.59 bits per heavy atom. The van der Waals surface area contributed by atoms with Crippen molar-refractivity contribution in [3.8, 4) is 5.75 Å². The van der Waals surface area contributed by atoms with Gasteiger partial charge in [0.15, 0.2) is 0 Å². The summed E-state index contributed by atoms with van der Waals surface area (Å²) in [6.45, 7) is 2.13. The van der Waals surface area contributed by atoms with Gasteiger partial charge in [0.25, 0.3) is 0 Å². The van der Waals surface area contributed by atoms with E-state index in [-0.39, 0.29) is 24.5 Å². The minimum absolute atomic E-state index is 0.0457. The first kappa shape index (κ1) is 11.9. The molecule has 92 valence electrons. The lowest BCUT2D eigenvalue weighted by Gasteiger charge is -2.25. The summed E-state index contributed by atoms with van der Waals surface area (Å²) in [4.78, 5) is 11.9. The van der Waals surface area contributed by atoms with Crippen LogP contribution in [0.5, 0.6) is 5.75 Å². The zero-order valence-electron chi connectivity index (χ0n) is 9.85. The number of benzene rings is 1. The Kier molecular flexibility index (Phi) is 3.64. The second-order valence-electron chi connectivity index (χ2n) is 4.41. The van der Waals surface area contributed by atoms with Gasteiger partial charge in [-0.15, -0.1) is 0 Å². The quantitative estimate of drug-likeness (QED) is 0.812. The number of ether oxygens (including phenoxy) is 1. The van der Waals surface area contributed by atoms with E-state index in [9.17, 15) is 4.79 Å². The van der Waals surface area contributed by atoms with E-state index in [0.29, 0.717) is 13.0 Å². The van der Waals surface area contributed by atoms with Crippen molar-refractivity contribution in [3.05, 3.63) is 29.8 Å². The monoisotopic (exact) mass is 235 g/mol. The van der Waals surface area contributed by atoms with Gasteiger partial charge in [0.05, 0.1) is 12.5 Å². The van der Waals surface area contributed by atoms with E-state index in [0.717, 1.165) is 11.3 Å². The Balaban J connectivity index is 2.00. The number of hydrogen-bond acceptors (Lipinski definition) is 3. The van der Waals surface area contributed by atoms with Crippen LogP contribution in [0, 0.1) is 5.92 Å². The Labute approximate surface area is 101 Å². The predicted octanol–water partition coefficient (Wildman–Crippen LogP) is 0.735. The summed E-state index contributed by atoms with van der Waals surface area (Å²) in [5.41, 5.74) is 1.07. The minimum Gasteiger partial charge on any atom is -0.492 e. The van der Waals surface area contributed by atoms with E-state index in [1.807, 2.05) is 24.3 Å². The van der Waals surface area contributed by atoms with Crippen LogP contribution in [0.1, 0.15) is 12.5 Å². The summed E-state index contributed by atoms with van der Waals surface area (Å²) in [5, 5.41) is 11.7. The predicted molar refractivity (Wildman–Crippen MR) is 63.8 cm³/mol. The molecular formula is C13H17NO3. The van der Waals surface area contributed by atoms with Crippen LogP contribution in [0.2, 0.25) is 0 Å². The molecule has 1 aliphatic rings. The summed E-state index contributed by atoms with van der Waals surface area (Å²) in [6.07, 6.45) is 0.695. The van der Waals surface area contributed by atoms with Crippen molar-refractivity contribution in [2.24, 2.45) is 5.92 Å². The van der Waals surface area contributed by atoms with Gasteiger partial charge in [0.1, 0.15) is 12.4 Å². The van der Waals surface area contributed by atoms with E-state index in [2.05, 4.69) is 5.32 Å². The zero-order chi connectivity index (χ0) is 12.3. The first-order valence-corrected chi connectivity index (χ1v) is 5.82. The third-order valence-corrected chi connectivity index (χ3v) is 2.91. The third-order valence-electron chi connectivity index (χ3n) is 2.91. The van der Waals surface area contributed by atoms with E-state index < -0.39 is 0 Å². The Hall–Kier alpha value is -1.55. The number of aliphatic hydroxyl groups is 1. The number of para-hydroxylation sites is 1. The van der Waals surface area contributed by atoms with Gasteiger partial charge >= 0.3 is 0 Å². The van der Waals surface area contributed by atoms with Crippen molar-refractivity contribution in [3.63, 3.8) is 0 Å². The highest BCUT2D eigenvalue weighted by molar-refractivity contribution is 5.79. The zero-order valence-corrected chi connectivity index (χ0v) is 9.85. The second-order valence-corrected chi connectivity index (χ2v) is 4.41. The average molecular weight is 235 g/mol. The third kappa shape index (κ3) is 2.77. The SMILES string of the molecule is CC(CO)NC(=O)C1COc2ccccc2C1. The van der Waals surface area contributed by atoms with E-state index in [4.69, 9.17) is 9.84 Å². The molecule has 0 saturated carbocycles. The maximum atomic E-state index is 11.9. The lowest BCUT2D eigenvalue weighted by atomic mass is 9.96. The molecule has 1 aliphatic heterocycles. The molecule has 0 aromatic heterocycles. The van der Waals surface area contributed by atoms with E-state index in [1.165, 1.54) is 0 Å². The molecule has 0 saturated heterocycles. The molecule has 2 N–H and O–H groups in total. The molecule has 1 amide bonds. The molecule has 1 aromatic carbocycles. The van der Waals surface area contributed by atoms with Crippen molar-refractivity contribution in [1.29, 1.82) is 0 Å². The highest BCUT2D eigenvalue weighted by Gasteiger charge is 2.26. The molecule has 4 nitrogen and oxygen atoms in total. The smallest absolute Gasteiger partial charge is 0.227 e. The van der Waals surface area contributed by atoms with Crippen LogP contribution in [0.3, 0.4) is 0 Å². The molecule has 4 heteroatoms. The molecule has 2 atom stereocenters. The molecular weight excluding hydrogens is 218 g/mol. The summed E-state index contributed by atoms with van der Waals surface area (Å²) >= 11 is 0. The highest BCUT2D eigenvalue weighted by Crippen LogP contribution is 2.26. The number of rotatable bonds is 3. The van der Waals surface area contributed by atoms with Gasteiger partial charge in [0.2, 0.25) is 5.91 Å². The van der Waals surface area contributed by atoms with Crippen LogP contribution < -0.4 is 10.1 Å². The highest BCUT2D eigenvalue weighted by atomic mass is 16.5. The summed E-state index contributed by atoms with van der Waals surface area (Å²) in [7, 11) is 0. The molecule has 2 unspecified atom stereocenters. The molecule has 2 rings (SSSR count). The molecule has 0 aliphatic carbocycles. The lowest BCUT2D eigenvalue weighted by molar-refractivity contribution is -0.127. The van der Waals surface area contributed by atoms with Crippen LogP contribution in [0.25, 0.3) is 0 Å². The summed E-state index contributed by atoms with van der Waals surface area (Å²) in [5.74, 6) is 0.645. The average Bonchev–Trinajstić information content (AvgIpc) is 2.38. The molecule has 0 fully saturated rings. The van der Waals surface area contributed by atoms with Crippen LogP contribution in [0.15, 0.2) is 24.3 Å². The van der Waals surface area contributed by atoms with Crippen LogP contribution >= 0.6 is 0 Å². The number of hydrogen-bond donors (Lipinski definition) is 2.